The maximum absolute atomic E-state index is 12.0. The molecule has 2 aromatic rings. The monoisotopic (exact) mass is 318 g/mol. The summed E-state index contributed by atoms with van der Waals surface area (Å²) in [6.07, 6.45) is 0. The number of hydrogen-bond donors (Lipinski definition) is 2. The smallest absolute Gasteiger partial charge is 0.271 e. The maximum atomic E-state index is 12.0. The van der Waals surface area contributed by atoms with E-state index in [2.05, 4.69) is 10.5 Å². The van der Waals surface area contributed by atoms with E-state index >= 15 is 0 Å². The highest BCUT2D eigenvalue weighted by Crippen LogP contribution is 2.29. The van der Waals surface area contributed by atoms with Crippen LogP contribution in [-0.2, 0) is 0 Å². The van der Waals surface area contributed by atoms with Gasteiger partial charge < -0.3 is 9.84 Å². The minimum atomic E-state index is -0.363. The highest BCUT2D eigenvalue weighted by Gasteiger charge is 2.10. The van der Waals surface area contributed by atoms with Crippen LogP contribution in [0.25, 0.3) is 0 Å². The molecule has 0 bridgehead atoms. The average molecular weight is 319 g/mol. The molecule has 0 fully saturated rings. The molecule has 0 atom stereocenters. The van der Waals surface area contributed by atoms with E-state index < -0.39 is 0 Å². The lowest BCUT2D eigenvalue weighted by molar-refractivity contribution is 0.0955. The summed E-state index contributed by atoms with van der Waals surface area (Å²) in [5.74, 6) is -0.0403. The first-order valence-corrected chi connectivity index (χ1v) is 6.87. The topological polar surface area (TPSA) is 70.9 Å². The van der Waals surface area contributed by atoms with Crippen molar-refractivity contribution < 1.29 is 14.6 Å². The standard InChI is InChI=1S/C16H15ClN2O3/c1-10(13-4-3-5-14(22-2)15(13)20)18-19-16(21)11-6-8-12(17)9-7-11/h3-9,20H,1-2H3,(H,19,21)/b18-10+. The Morgan fingerprint density at radius 2 is 1.91 bits per heavy atom. The third-order valence-corrected chi connectivity index (χ3v) is 3.29. The Labute approximate surface area is 133 Å². The molecule has 0 aliphatic heterocycles. The summed E-state index contributed by atoms with van der Waals surface area (Å²) in [6.45, 7) is 1.68. The summed E-state index contributed by atoms with van der Waals surface area (Å²) < 4.78 is 5.04. The van der Waals surface area contributed by atoms with Crippen molar-refractivity contribution in [3.8, 4) is 11.5 Å². The number of aromatic hydroxyl groups is 1. The molecule has 2 aromatic carbocycles. The van der Waals surface area contributed by atoms with Crippen LogP contribution >= 0.6 is 11.6 Å². The Morgan fingerprint density at radius 3 is 2.55 bits per heavy atom. The summed E-state index contributed by atoms with van der Waals surface area (Å²) in [5.41, 5.74) is 3.82. The van der Waals surface area contributed by atoms with Crippen LogP contribution in [0.3, 0.4) is 0 Å². The number of halogens is 1. The lowest BCUT2D eigenvalue weighted by Crippen LogP contribution is -2.19. The van der Waals surface area contributed by atoms with E-state index in [1.807, 2.05) is 0 Å². The van der Waals surface area contributed by atoms with E-state index in [1.165, 1.54) is 7.11 Å². The molecule has 0 aliphatic carbocycles. The molecule has 0 radical (unpaired) electrons. The lowest BCUT2D eigenvalue weighted by atomic mass is 10.1. The molecule has 0 saturated heterocycles. The zero-order valence-corrected chi connectivity index (χ0v) is 12.9. The van der Waals surface area contributed by atoms with Gasteiger partial charge in [0.1, 0.15) is 0 Å². The SMILES string of the molecule is COc1cccc(/C(C)=N/NC(=O)c2ccc(Cl)cc2)c1O. The molecule has 1 amide bonds. The molecule has 0 aliphatic rings. The van der Waals surface area contributed by atoms with Gasteiger partial charge in [0.25, 0.3) is 5.91 Å². The van der Waals surface area contributed by atoms with Gasteiger partial charge in [-0.2, -0.15) is 5.10 Å². The number of carbonyl (C=O) groups is 1. The van der Waals surface area contributed by atoms with Gasteiger partial charge in [0.05, 0.1) is 12.8 Å². The van der Waals surface area contributed by atoms with Gasteiger partial charge in [-0.05, 0) is 43.3 Å². The van der Waals surface area contributed by atoms with Crippen LogP contribution in [0.2, 0.25) is 5.02 Å². The molecule has 6 heteroatoms. The molecule has 0 unspecified atom stereocenters. The van der Waals surface area contributed by atoms with Gasteiger partial charge in [-0.15, -0.1) is 0 Å². The van der Waals surface area contributed by atoms with E-state index in [0.29, 0.717) is 27.6 Å². The molecule has 0 heterocycles. The van der Waals surface area contributed by atoms with Crippen LogP contribution in [0.4, 0.5) is 0 Å². The highest BCUT2D eigenvalue weighted by molar-refractivity contribution is 6.30. The second-order valence-electron chi connectivity index (χ2n) is 4.50. The Hall–Kier alpha value is -2.53. The number of para-hydroxylation sites is 1. The normalized spacial score (nSPS) is 11.1. The Kier molecular flexibility index (Phi) is 5.01. The molecular weight excluding hydrogens is 304 g/mol. The van der Waals surface area contributed by atoms with Gasteiger partial charge in [-0.1, -0.05) is 17.7 Å². The number of hydrazone groups is 1. The number of phenols is 1. The third-order valence-electron chi connectivity index (χ3n) is 3.04. The van der Waals surface area contributed by atoms with E-state index in [1.54, 1.807) is 49.4 Å². The number of rotatable bonds is 4. The zero-order valence-electron chi connectivity index (χ0n) is 12.1. The van der Waals surface area contributed by atoms with E-state index in [4.69, 9.17) is 16.3 Å². The van der Waals surface area contributed by atoms with Gasteiger partial charge in [0, 0.05) is 16.1 Å². The van der Waals surface area contributed by atoms with E-state index in [0.717, 1.165) is 0 Å². The van der Waals surface area contributed by atoms with Crippen molar-refractivity contribution in [1.82, 2.24) is 5.43 Å². The predicted molar refractivity (Wildman–Crippen MR) is 85.8 cm³/mol. The summed E-state index contributed by atoms with van der Waals surface area (Å²) in [6, 6.07) is 11.5. The fourth-order valence-corrected chi connectivity index (χ4v) is 1.97. The van der Waals surface area contributed by atoms with Crippen LogP contribution in [0.5, 0.6) is 11.5 Å². The molecule has 2 rings (SSSR count). The fraction of sp³-hybridized carbons (Fsp3) is 0.125. The Balaban J connectivity index is 2.16. The van der Waals surface area contributed by atoms with Crippen molar-refractivity contribution in [3.63, 3.8) is 0 Å². The molecule has 0 saturated carbocycles. The second kappa shape index (κ2) is 6.95. The van der Waals surface area contributed by atoms with Crippen molar-refractivity contribution in [1.29, 1.82) is 0 Å². The first-order chi connectivity index (χ1) is 10.5. The minimum Gasteiger partial charge on any atom is -0.504 e. The maximum Gasteiger partial charge on any atom is 0.271 e. The van der Waals surface area contributed by atoms with Crippen molar-refractivity contribution >= 4 is 23.2 Å². The van der Waals surface area contributed by atoms with Crippen LogP contribution < -0.4 is 10.2 Å². The van der Waals surface area contributed by atoms with Gasteiger partial charge in [0.15, 0.2) is 11.5 Å². The van der Waals surface area contributed by atoms with Gasteiger partial charge >= 0.3 is 0 Å². The fourth-order valence-electron chi connectivity index (χ4n) is 1.84. The minimum absolute atomic E-state index is 0.0213. The molecule has 5 nitrogen and oxygen atoms in total. The van der Waals surface area contributed by atoms with Gasteiger partial charge in [0.2, 0.25) is 0 Å². The number of phenolic OH excluding ortho intramolecular Hbond substituents is 1. The Bertz CT molecular complexity index is 712. The number of nitrogens with one attached hydrogen (secondary N) is 1. The number of nitrogens with zero attached hydrogens (tertiary/aromatic N) is 1. The largest absolute Gasteiger partial charge is 0.504 e. The number of ether oxygens (including phenoxy) is 1. The van der Waals surface area contributed by atoms with Crippen LogP contribution in [0.1, 0.15) is 22.8 Å². The number of carbonyl (C=O) groups excluding carboxylic acids is 1. The highest BCUT2D eigenvalue weighted by atomic mass is 35.5. The molecule has 0 spiro atoms. The first kappa shape index (κ1) is 15.9. The number of benzene rings is 2. The van der Waals surface area contributed by atoms with Crippen molar-refractivity contribution in [2.75, 3.05) is 7.11 Å². The summed E-state index contributed by atoms with van der Waals surface area (Å²) in [5, 5.41) is 14.6. The van der Waals surface area contributed by atoms with Crippen LogP contribution in [0.15, 0.2) is 47.6 Å². The number of hydrogen-bond acceptors (Lipinski definition) is 4. The van der Waals surface area contributed by atoms with Crippen LogP contribution in [0, 0.1) is 0 Å². The predicted octanol–water partition coefficient (Wildman–Crippen LogP) is 3.21. The van der Waals surface area contributed by atoms with Crippen molar-refractivity contribution in [2.45, 2.75) is 6.92 Å². The van der Waals surface area contributed by atoms with Crippen LogP contribution in [-0.4, -0.2) is 23.8 Å². The van der Waals surface area contributed by atoms with Gasteiger partial charge in [-0.25, -0.2) is 5.43 Å². The van der Waals surface area contributed by atoms with E-state index in [-0.39, 0.29) is 11.7 Å². The lowest BCUT2D eigenvalue weighted by Gasteiger charge is -2.08. The first-order valence-electron chi connectivity index (χ1n) is 6.49. The summed E-state index contributed by atoms with van der Waals surface area (Å²) >= 11 is 5.77. The van der Waals surface area contributed by atoms with Crippen molar-refractivity contribution in [3.05, 3.63) is 58.6 Å². The molecular formula is C16H15ClN2O3. The average Bonchev–Trinajstić information content (AvgIpc) is 2.53. The molecule has 2 N–H and O–H groups in total. The van der Waals surface area contributed by atoms with E-state index in [9.17, 15) is 9.90 Å². The zero-order chi connectivity index (χ0) is 16.1. The summed E-state index contributed by atoms with van der Waals surface area (Å²) in [4.78, 5) is 12.0. The quantitative estimate of drug-likeness (QED) is 0.671. The molecule has 0 aromatic heterocycles. The van der Waals surface area contributed by atoms with Crippen molar-refractivity contribution in [2.24, 2.45) is 5.10 Å². The molecule has 22 heavy (non-hydrogen) atoms. The number of methoxy groups -OCH3 is 1. The second-order valence-corrected chi connectivity index (χ2v) is 4.94. The summed E-state index contributed by atoms with van der Waals surface area (Å²) in [7, 11) is 1.47. The molecule has 114 valence electrons. The van der Waals surface area contributed by atoms with Gasteiger partial charge in [-0.3, -0.25) is 4.79 Å². The number of amides is 1. The third kappa shape index (κ3) is 3.56. The Morgan fingerprint density at radius 1 is 1.23 bits per heavy atom.